The van der Waals surface area contributed by atoms with E-state index in [1.54, 1.807) is 0 Å². The lowest BCUT2D eigenvalue weighted by Gasteiger charge is -2.05. The summed E-state index contributed by atoms with van der Waals surface area (Å²) in [4.78, 5) is 1.93. The van der Waals surface area contributed by atoms with Gasteiger partial charge in [-0.25, -0.2) is 0 Å². The minimum Gasteiger partial charge on any atom is -0.381 e. The van der Waals surface area contributed by atoms with E-state index in [2.05, 4.69) is 6.08 Å². The standard InChI is InChI=1S/C17H27N3O/c1-2-4-11-16-17(12-5-3-1)19-20(18-16)15-9-6-7-13-21-14-8-10-15/h9H,1-8,10-14H2. The molecule has 116 valence electrons. The molecule has 0 atom stereocenters. The molecule has 21 heavy (non-hydrogen) atoms. The molecule has 1 aromatic rings. The lowest BCUT2D eigenvalue weighted by molar-refractivity contribution is 0.132. The zero-order valence-corrected chi connectivity index (χ0v) is 13.0. The van der Waals surface area contributed by atoms with Gasteiger partial charge >= 0.3 is 0 Å². The van der Waals surface area contributed by atoms with Crippen molar-refractivity contribution in [3.05, 3.63) is 17.5 Å². The highest BCUT2D eigenvalue weighted by molar-refractivity contribution is 5.42. The zero-order chi connectivity index (χ0) is 14.3. The smallest absolute Gasteiger partial charge is 0.0863 e. The molecule has 1 aliphatic carbocycles. The highest BCUT2D eigenvalue weighted by Gasteiger charge is 2.14. The largest absolute Gasteiger partial charge is 0.381 e. The zero-order valence-electron chi connectivity index (χ0n) is 13.0. The molecule has 0 aromatic carbocycles. The van der Waals surface area contributed by atoms with E-state index < -0.39 is 0 Å². The van der Waals surface area contributed by atoms with Gasteiger partial charge in [0.15, 0.2) is 0 Å². The summed E-state index contributed by atoms with van der Waals surface area (Å²) >= 11 is 0. The quantitative estimate of drug-likeness (QED) is 0.790. The van der Waals surface area contributed by atoms with Crippen LogP contribution in [0.25, 0.3) is 5.70 Å². The minimum atomic E-state index is 0.859. The number of hydrogen-bond acceptors (Lipinski definition) is 3. The fraction of sp³-hybridized carbons (Fsp3) is 0.765. The lowest BCUT2D eigenvalue weighted by Crippen LogP contribution is -2.04. The van der Waals surface area contributed by atoms with Crippen LogP contribution in [0.3, 0.4) is 0 Å². The van der Waals surface area contributed by atoms with Crippen LogP contribution in [0, 0.1) is 0 Å². The van der Waals surface area contributed by atoms with Gasteiger partial charge in [-0.3, -0.25) is 0 Å². The monoisotopic (exact) mass is 289 g/mol. The molecule has 0 fully saturated rings. The molecule has 1 aliphatic heterocycles. The Hall–Kier alpha value is -1.16. The maximum Gasteiger partial charge on any atom is 0.0863 e. The van der Waals surface area contributed by atoms with Crippen LogP contribution >= 0.6 is 0 Å². The van der Waals surface area contributed by atoms with Gasteiger partial charge in [-0.1, -0.05) is 25.3 Å². The number of fused-ring (bicyclic) bond motifs is 1. The van der Waals surface area contributed by atoms with Crippen molar-refractivity contribution >= 4 is 5.70 Å². The van der Waals surface area contributed by atoms with Crippen molar-refractivity contribution < 1.29 is 4.74 Å². The van der Waals surface area contributed by atoms with Gasteiger partial charge in [-0.05, 0) is 51.4 Å². The Morgan fingerprint density at radius 1 is 0.762 bits per heavy atom. The first kappa shape index (κ1) is 14.8. The molecule has 4 nitrogen and oxygen atoms in total. The Balaban J connectivity index is 1.77. The van der Waals surface area contributed by atoms with Gasteiger partial charge in [0.1, 0.15) is 0 Å². The van der Waals surface area contributed by atoms with E-state index in [4.69, 9.17) is 14.9 Å². The van der Waals surface area contributed by atoms with E-state index in [0.29, 0.717) is 0 Å². The van der Waals surface area contributed by atoms with Gasteiger partial charge in [-0.2, -0.15) is 15.0 Å². The second-order valence-electron chi connectivity index (χ2n) is 6.20. The third-order valence-electron chi connectivity index (χ3n) is 4.44. The van der Waals surface area contributed by atoms with Gasteiger partial charge in [0.05, 0.1) is 17.1 Å². The van der Waals surface area contributed by atoms with Crippen molar-refractivity contribution in [2.45, 2.75) is 70.6 Å². The summed E-state index contributed by atoms with van der Waals surface area (Å²) in [7, 11) is 0. The van der Waals surface area contributed by atoms with E-state index in [-0.39, 0.29) is 0 Å². The Bertz CT molecular complexity index is 453. The van der Waals surface area contributed by atoms with Crippen LogP contribution in [0.15, 0.2) is 6.08 Å². The predicted octanol–water partition coefficient (Wildman–Crippen LogP) is 3.76. The van der Waals surface area contributed by atoms with E-state index >= 15 is 0 Å². The van der Waals surface area contributed by atoms with E-state index in [0.717, 1.165) is 51.7 Å². The number of nitrogens with zero attached hydrogens (tertiary/aromatic N) is 3. The molecule has 4 heteroatoms. The van der Waals surface area contributed by atoms with Crippen LogP contribution in [0.1, 0.15) is 69.2 Å². The Morgan fingerprint density at radius 3 is 2.19 bits per heavy atom. The molecule has 0 bridgehead atoms. The second-order valence-corrected chi connectivity index (χ2v) is 6.20. The highest BCUT2D eigenvalue weighted by atomic mass is 16.5. The van der Waals surface area contributed by atoms with Crippen molar-refractivity contribution in [1.29, 1.82) is 0 Å². The molecule has 0 unspecified atom stereocenters. The first-order valence-electron chi connectivity index (χ1n) is 8.66. The minimum absolute atomic E-state index is 0.859. The average molecular weight is 289 g/mol. The highest BCUT2D eigenvalue weighted by Crippen LogP contribution is 2.20. The molecule has 2 aliphatic rings. The lowest BCUT2D eigenvalue weighted by atomic mass is 10.1. The fourth-order valence-electron chi connectivity index (χ4n) is 3.19. The van der Waals surface area contributed by atoms with Gasteiger partial charge in [0, 0.05) is 13.2 Å². The summed E-state index contributed by atoms with van der Waals surface area (Å²) in [5.41, 5.74) is 3.76. The number of allylic oxidation sites excluding steroid dienone is 2. The Kier molecular flexibility index (Phi) is 5.44. The maximum atomic E-state index is 5.58. The van der Waals surface area contributed by atoms with Crippen molar-refractivity contribution in [3.8, 4) is 0 Å². The van der Waals surface area contributed by atoms with Crippen LogP contribution in [0.2, 0.25) is 0 Å². The molecule has 0 amide bonds. The van der Waals surface area contributed by atoms with Crippen LogP contribution in [-0.4, -0.2) is 28.2 Å². The molecule has 0 spiro atoms. The number of hydrogen-bond donors (Lipinski definition) is 0. The molecule has 0 radical (unpaired) electrons. The number of aromatic nitrogens is 3. The molecule has 0 N–H and O–H groups in total. The molecule has 3 rings (SSSR count). The van der Waals surface area contributed by atoms with Gasteiger partial charge in [-0.15, -0.1) is 0 Å². The Labute approximate surface area is 127 Å². The van der Waals surface area contributed by atoms with E-state index in [9.17, 15) is 0 Å². The molecule has 1 aromatic heterocycles. The van der Waals surface area contributed by atoms with Gasteiger partial charge < -0.3 is 4.74 Å². The van der Waals surface area contributed by atoms with Gasteiger partial charge in [0.2, 0.25) is 0 Å². The predicted molar refractivity (Wildman–Crippen MR) is 84.1 cm³/mol. The first-order valence-corrected chi connectivity index (χ1v) is 8.66. The topological polar surface area (TPSA) is 39.9 Å². The van der Waals surface area contributed by atoms with Crippen molar-refractivity contribution in [1.82, 2.24) is 15.0 Å². The second kappa shape index (κ2) is 7.74. The van der Waals surface area contributed by atoms with E-state index in [1.165, 1.54) is 49.2 Å². The van der Waals surface area contributed by atoms with E-state index in [1.807, 2.05) is 4.80 Å². The molecule has 0 saturated carbocycles. The number of aryl methyl sites for hydroxylation is 2. The summed E-state index contributed by atoms with van der Waals surface area (Å²) in [6.45, 7) is 1.74. The number of ether oxygens (including phenoxy) is 1. The van der Waals surface area contributed by atoms with Crippen molar-refractivity contribution in [2.24, 2.45) is 0 Å². The van der Waals surface area contributed by atoms with Crippen molar-refractivity contribution in [3.63, 3.8) is 0 Å². The van der Waals surface area contributed by atoms with Crippen LogP contribution in [0.5, 0.6) is 0 Å². The Morgan fingerprint density at radius 2 is 1.43 bits per heavy atom. The summed E-state index contributed by atoms with van der Waals surface area (Å²) < 4.78 is 5.58. The number of rotatable bonds is 1. The summed E-state index contributed by atoms with van der Waals surface area (Å²) in [6, 6.07) is 0. The normalized spacial score (nSPS) is 21.8. The van der Waals surface area contributed by atoms with Crippen LogP contribution < -0.4 is 0 Å². The SMILES string of the molecule is C1=C(n2nc3c(n2)CCCCCCC3)CCCOCCC1. The molecular weight excluding hydrogens is 262 g/mol. The summed E-state index contributed by atoms with van der Waals surface area (Å²) in [6.07, 6.45) is 15.4. The molecular formula is C17H27N3O. The van der Waals surface area contributed by atoms with Crippen LogP contribution in [-0.2, 0) is 17.6 Å². The van der Waals surface area contributed by atoms with Gasteiger partial charge in [0.25, 0.3) is 0 Å². The maximum absolute atomic E-state index is 5.58. The molecule has 2 heterocycles. The third kappa shape index (κ3) is 4.16. The van der Waals surface area contributed by atoms with Crippen molar-refractivity contribution in [2.75, 3.05) is 13.2 Å². The fourth-order valence-corrected chi connectivity index (χ4v) is 3.19. The summed E-state index contributed by atoms with van der Waals surface area (Å²) in [5, 5.41) is 9.63. The average Bonchev–Trinajstić information content (AvgIpc) is 2.96. The molecule has 0 saturated heterocycles. The third-order valence-corrected chi connectivity index (χ3v) is 4.44. The summed E-state index contributed by atoms with van der Waals surface area (Å²) in [5.74, 6) is 0. The first-order chi connectivity index (χ1) is 10.4. The van der Waals surface area contributed by atoms with Crippen LogP contribution in [0.4, 0.5) is 0 Å².